The van der Waals surface area contributed by atoms with Crippen LogP contribution in [0.3, 0.4) is 0 Å². The molecular formula is C28H33N3O4S. The van der Waals surface area contributed by atoms with Gasteiger partial charge in [0.15, 0.2) is 0 Å². The number of amides is 2. The number of rotatable bonds is 10. The Labute approximate surface area is 213 Å². The van der Waals surface area contributed by atoms with Gasteiger partial charge in [0.2, 0.25) is 11.8 Å². The van der Waals surface area contributed by atoms with Gasteiger partial charge < -0.3 is 10.2 Å². The molecule has 0 heterocycles. The van der Waals surface area contributed by atoms with Crippen molar-refractivity contribution in [2.75, 3.05) is 24.4 Å². The predicted molar refractivity (Wildman–Crippen MR) is 142 cm³/mol. The molecule has 190 valence electrons. The smallest absolute Gasteiger partial charge is 0.264 e. The minimum Gasteiger partial charge on any atom is -0.357 e. The molecule has 0 saturated carbocycles. The van der Waals surface area contributed by atoms with Gasteiger partial charge in [-0.05, 0) is 62.1 Å². The molecule has 0 fully saturated rings. The van der Waals surface area contributed by atoms with Gasteiger partial charge in [0.05, 0.1) is 10.6 Å². The molecule has 0 aromatic heterocycles. The fourth-order valence-electron chi connectivity index (χ4n) is 4.00. The van der Waals surface area contributed by atoms with E-state index in [-0.39, 0.29) is 17.3 Å². The standard InChI is InChI=1S/C28H33N3O4S/c1-21-15-16-22(2)26(19-21)31(36(34,35)25-13-9-6-10-14-25)20-27(32)30(23(3)28(33)29-4)18-17-24-11-7-5-8-12-24/h5-16,19,23H,17-18,20H2,1-4H3,(H,29,33)/t23-/m0/s1. The van der Waals surface area contributed by atoms with Crippen LogP contribution < -0.4 is 9.62 Å². The first-order valence-corrected chi connectivity index (χ1v) is 13.3. The molecule has 8 heteroatoms. The summed E-state index contributed by atoms with van der Waals surface area (Å²) in [6.45, 7) is 5.17. The van der Waals surface area contributed by atoms with Crippen LogP contribution in [0.4, 0.5) is 5.69 Å². The van der Waals surface area contributed by atoms with Crippen LogP contribution in [0.2, 0.25) is 0 Å². The topological polar surface area (TPSA) is 86.8 Å². The van der Waals surface area contributed by atoms with E-state index in [0.717, 1.165) is 21.0 Å². The van der Waals surface area contributed by atoms with E-state index >= 15 is 0 Å². The first-order valence-electron chi connectivity index (χ1n) is 11.8. The monoisotopic (exact) mass is 507 g/mol. The van der Waals surface area contributed by atoms with Gasteiger partial charge in [0, 0.05) is 13.6 Å². The Morgan fingerprint density at radius 1 is 0.917 bits per heavy atom. The molecule has 0 aliphatic heterocycles. The van der Waals surface area contributed by atoms with Gasteiger partial charge in [0.1, 0.15) is 12.6 Å². The van der Waals surface area contributed by atoms with Crippen LogP contribution in [0.15, 0.2) is 83.8 Å². The fraction of sp³-hybridized carbons (Fsp3) is 0.286. The van der Waals surface area contributed by atoms with E-state index in [1.165, 1.54) is 24.1 Å². The Morgan fingerprint density at radius 3 is 2.14 bits per heavy atom. The molecule has 2 amide bonds. The largest absolute Gasteiger partial charge is 0.357 e. The molecule has 1 N–H and O–H groups in total. The molecular weight excluding hydrogens is 474 g/mol. The summed E-state index contributed by atoms with van der Waals surface area (Å²) < 4.78 is 28.7. The van der Waals surface area contributed by atoms with Crippen molar-refractivity contribution in [1.82, 2.24) is 10.2 Å². The number of hydrogen-bond acceptors (Lipinski definition) is 4. The molecule has 3 rings (SSSR count). The van der Waals surface area contributed by atoms with Crippen LogP contribution >= 0.6 is 0 Å². The molecule has 0 radical (unpaired) electrons. The van der Waals surface area contributed by atoms with Gasteiger partial charge >= 0.3 is 0 Å². The Bertz CT molecular complexity index is 1290. The summed E-state index contributed by atoms with van der Waals surface area (Å²) in [5, 5.41) is 2.59. The van der Waals surface area contributed by atoms with Gasteiger partial charge in [-0.25, -0.2) is 8.42 Å². The van der Waals surface area contributed by atoms with Crippen molar-refractivity contribution in [1.29, 1.82) is 0 Å². The zero-order valence-electron chi connectivity index (χ0n) is 21.1. The zero-order chi connectivity index (χ0) is 26.3. The normalized spacial score (nSPS) is 12.0. The molecule has 3 aromatic rings. The molecule has 0 unspecified atom stereocenters. The van der Waals surface area contributed by atoms with E-state index in [1.54, 1.807) is 31.2 Å². The minimum atomic E-state index is -4.06. The third-order valence-corrected chi connectivity index (χ3v) is 7.92. The number of sulfonamides is 1. The van der Waals surface area contributed by atoms with Crippen molar-refractivity contribution >= 4 is 27.5 Å². The number of aryl methyl sites for hydroxylation is 2. The summed E-state index contributed by atoms with van der Waals surface area (Å²) in [5.74, 6) is -0.775. The van der Waals surface area contributed by atoms with Gasteiger partial charge in [-0.3, -0.25) is 13.9 Å². The maximum atomic E-state index is 13.8. The molecule has 0 bridgehead atoms. The summed E-state index contributed by atoms with van der Waals surface area (Å²) in [6, 6.07) is 22.4. The van der Waals surface area contributed by atoms with E-state index in [0.29, 0.717) is 12.1 Å². The average molecular weight is 508 g/mol. The lowest BCUT2D eigenvalue weighted by Gasteiger charge is -2.32. The highest BCUT2D eigenvalue weighted by Crippen LogP contribution is 2.28. The van der Waals surface area contributed by atoms with Crippen molar-refractivity contribution < 1.29 is 18.0 Å². The summed E-state index contributed by atoms with van der Waals surface area (Å²) in [4.78, 5) is 27.8. The molecule has 3 aromatic carbocycles. The van der Waals surface area contributed by atoms with E-state index < -0.39 is 28.5 Å². The lowest BCUT2D eigenvalue weighted by atomic mass is 10.1. The first-order chi connectivity index (χ1) is 17.1. The van der Waals surface area contributed by atoms with Crippen molar-refractivity contribution in [3.8, 4) is 0 Å². The Kier molecular flexibility index (Phi) is 8.88. The molecule has 1 atom stereocenters. The summed E-state index contributed by atoms with van der Waals surface area (Å²) in [6.07, 6.45) is 0.531. The zero-order valence-corrected chi connectivity index (χ0v) is 22.0. The molecule has 7 nitrogen and oxygen atoms in total. The van der Waals surface area contributed by atoms with E-state index in [9.17, 15) is 18.0 Å². The fourth-order valence-corrected chi connectivity index (χ4v) is 5.49. The highest BCUT2D eigenvalue weighted by molar-refractivity contribution is 7.92. The van der Waals surface area contributed by atoms with E-state index in [2.05, 4.69) is 5.32 Å². The van der Waals surface area contributed by atoms with E-state index in [1.807, 2.05) is 56.3 Å². The number of nitrogens with zero attached hydrogens (tertiary/aromatic N) is 2. The number of carbonyl (C=O) groups excluding carboxylic acids is 2. The lowest BCUT2D eigenvalue weighted by Crippen LogP contribution is -2.51. The van der Waals surface area contributed by atoms with Gasteiger partial charge in [-0.15, -0.1) is 0 Å². The Hall–Kier alpha value is -3.65. The van der Waals surface area contributed by atoms with E-state index in [4.69, 9.17) is 0 Å². The third-order valence-electron chi connectivity index (χ3n) is 6.14. The Morgan fingerprint density at radius 2 is 1.53 bits per heavy atom. The third kappa shape index (κ3) is 6.31. The van der Waals surface area contributed by atoms with Crippen LogP contribution in [0.25, 0.3) is 0 Å². The number of nitrogens with one attached hydrogen (secondary N) is 1. The number of anilines is 1. The Balaban J connectivity index is 2.00. The summed E-state index contributed by atoms with van der Waals surface area (Å²) in [7, 11) is -2.54. The van der Waals surface area contributed by atoms with Gasteiger partial charge in [0.25, 0.3) is 10.0 Å². The van der Waals surface area contributed by atoms with Crippen molar-refractivity contribution in [2.45, 2.75) is 38.1 Å². The number of carbonyl (C=O) groups is 2. The minimum absolute atomic E-state index is 0.0916. The van der Waals surface area contributed by atoms with Crippen LogP contribution in [0.1, 0.15) is 23.6 Å². The summed E-state index contributed by atoms with van der Waals surface area (Å²) in [5.41, 5.74) is 3.05. The van der Waals surface area contributed by atoms with Crippen molar-refractivity contribution in [3.05, 3.63) is 95.6 Å². The van der Waals surface area contributed by atoms with Crippen LogP contribution in [-0.2, 0) is 26.0 Å². The first kappa shape index (κ1) is 26.9. The van der Waals surface area contributed by atoms with Crippen LogP contribution in [0.5, 0.6) is 0 Å². The number of benzene rings is 3. The van der Waals surface area contributed by atoms with Gasteiger partial charge in [-0.2, -0.15) is 0 Å². The molecule has 0 saturated heterocycles. The molecule has 0 aliphatic rings. The molecule has 36 heavy (non-hydrogen) atoms. The van der Waals surface area contributed by atoms with Crippen LogP contribution in [0, 0.1) is 13.8 Å². The molecule has 0 spiro atoms. The highest BCUT2D eigenvalue weighted by atomic mass is 32.2. The lowest BCUT2D eigenvalue weighted by molar-refractivity contribution is -0.138. The summed E-state index contributed by atoms with van der Waals surface area (Å²) >= 11 is 0. The van der Waals surface area contributed by atoms with Crippen LogP contribution in [-0.4, -0.2) is 51.3 Å². The second-order valence-electron chi connectivity index (χ2n) is 8.73. The predicted octanol–water partition coefficient (Wildman–Crippen LogP) is 3.70. The second-order valence-corrected chi connectivity index (χ2v) is 10.6. The second kappa shape index (κ2) is 11.9. The average Bonchev–Trinajstić information content (AvgIpc) is 2.89. The van der Waals surface area contributed by atoms with Gasteiger partial charge in [-0.1, -0.05) is 60.7 Å². The highest BCUT2D eigenvalue weighted by Gasteiger charge is 2.32. The number of likely N-dealkylation sites (N-methyl/N-ethyl adjacent to an activating group) is 1. The van der Waals surface area contributed by atoms with Crippen molar-refractivity contribution in [3.63, 3.8) is 0 Å². The SMILES string of the molecule is CNC(=O)[C@H](C)N(CCc1ccccc1)C(=O)CN(c1cc(C)ccc1C)S(=O)(=O)c1ccccc1. The molecule has 0 aliphatic carbocycles. The number of hydrogen-bond donors (Lipinski definition) is 1. The maximum Gasteiger partial charge on any atom is 0.264 e. The maximum absolute atomic E-state index is 13.8. The quantitative estimate of drug-likeness (QED) is 0.453. The van der Waals surface area contributed by atoms with Crippen molar-refractivity contribution in [2.24, 2.45) is 0 Å².